The molecule has 1 aliphatic rings. The molecule has 0 spiro atoms. The average molecular weight is 821 g/mol. The van der Waals surface area contributed by atoms with Gasteiger partial charge in [-0.3, -0.25) is 9.59 Å². The summed E-state index contributed by atoms with van der Waals surface area (Å²) in [5.74, 6) is -0.0365. The molecule has 52 heavy (non-hydrogen) atoms. The molecule has 4 aromatic carbocycles. The first-order chi connectivity index (χ1) is 24.7. The molecule has 0 aliphatic carbocycles. The van der Waals surface area contributed by atoms with Crippen molar-refractivity contribution >= 4 is 69.0 Å². The van der Waals surface area contributed by atoms with Crippen LogP contribution >= 0.6 is 58.0 Å². The summed E-state index contributed by atoms with van der Waals surface area (Å²) in [6, 6.07) is 31.5. The third kappa shape index (κ3) is 29.1. The van der Waals surface area contributed by atoms with Crippen molar-refractivity contribution in [2.75, 3.05) is 26.5 Å². The first-order valence-electron chi connectivity index (χ1n) is 16.9. The molecule has 4 nitrogen and oxygen atoms in total. The number of benzene rings is 4. The fraction of sp³-hybridized carbons (Fsp3) is 0.395. The van der Waals surface area contributed by atoms with Gasteiger partial charge in [0.05, 0.1) is 15.6 Å². The Morgan fingerprint density at radius 2 is 1.02 bits per heavy atom. The third-order valence-corrected chi connectivity index (χ3v) is 6.72. The van der Waals surface area contributed by atoms with E-state index in [1.54, 1.807) is 43.5 Å². The first-order valence-corrected chi connectivity index (χ1v) is 19.6. The van der Waals surface area contributed by atoms with Crippen LogP contribution in [-0.2, 0) is 9.47 Å². The standard InChI is InChI=1S/C14H11ClO.C7H4Cl2O.C7H8.C6H12O2.3C2H6.2CH3Cl.CH4/c1-10-6-8-11(9-7-10)14(16)12-4-2-3-5-13(12)15;8-6-4-2-1-3-5(6)7(9)10;1-7-5-3-2-4-6-7;1-7-6-4-2-3-5-8-6;5*1-2;/h2-9H,1H3;1-4H;2-6H,1H3;6H,2-5H2,1H3;3*1-2H3;2*1H3;1H4. The van der Waals surface area contributed by atoms with E-state index in [0.717, 1.165) is 18.6 Å². The Morgan fingerprint density at radius 1 is 0.615 bits per heavy atom. The lowest BCUT2D eigenvalue weighted by molar-refractivity contribution is -0.145. The summed E-state index contributed by atoms with van der Waals surface area (Å²) >= 11 is 26.1. The maximum atomic E-state index is 12.1. The van der Waals surface area contributed by atoms with Crippen LogP contribution < -0.4 is 0 Å². The molecule has 1 fully saturated rings. The average Bonchev–Trinajstić information content (AvgIpc) is 3.20. The summed E-state index contributed by atoms with van der Waals surface area (Å²) in [5.41, 5.74) is 4.02. The van der Waals surface area contributed by atoms with Crippen LogP contribution in [0.25, 0.3) is 0 Å². The summed E-state index contributed by atoms with van der Waals surface area (Å²) < 4.78 is 10.2. The number of halogens is 5. The predicted octanol–water partition coefficient (Wildman–Crippen LogP) is 15.2. The Balaban J connectivity index is -0.000000180. The van der Waals surface area contributed by atoms with E-state index in [0.29, 0.717) is 26.7 Å². The summed E-state index contributed by atoms with van der Waals surface area (Å²) in [7, 11) is 1.69. The highest BCUT2D eigenvalue weighted by Crippen LogP contribution is 2.19. The molecule has 1 unspecified atom stereocenters. The zero-order chi connectivity index (χ0) is 40.0. The molecule has 1 saturated heterocycles. The van der Waals surface area contributed by atoms with Gasteiger partial charge in [0.25, 0.3) is 5.24 Å². The van der Waals surface area contributed by atoms with Gasteiger partial charge in [-0.25, -0.2) is 0 Å². The van der Waals surface area contributed by atoms with Crippen LogP contribution in [0.3, 0.4) is 0 Å². The summed E-state index contributed by atoms with van der Waals surface area (Å²) in [6.07, 6.45) is 6.54. The fourth-order valence-electron chi connectivity index (χ4n) is 3.56. The quantitative estimate of drug-likeness (QED) is 0.117. The van der Waals surface area contributed by atoms with Gasteiger partial charge < -0.3 is 9.47 Å². The second-order valence-electron chi connectivity index (χ2n) is 9.12. The molecular weight excluding hydrogens is 758 g/mol. The first kappa shape index (κ1) is 58.9. The maximum absolute atomic E-state index is 12.1. The third-order valence-electron chi connectivity index (χ3n) is 5.86. The van der Waals surface area contributed by atoms with Crippen molar-refractivity contribution in [1.82, 2.24) is 0 Å². The SMILES string of the molecule is C.CC.CC.CC.CCl.CCl.COC1CCCCO1.Cc1ccc(C(=O)c2ccccc2Cl)cc1.Cc1ccccc1.O=C(Cl)c1ccccc1Cl. The number of carbonyl (C=O) groups is 2. The summed E-state index contributed by atoms with van der Waals surface area (Å²) in [6.45, 7) is 16.9. The number of alkyl halides is 2. The van der Waals surface area contributed by atoms with Gasteiger partial charge in [-0.1, -0.05) is 162 Å². The topological polar surface area (TPSA) is 52.6 Å². The van der Waals surface area contributed by atoms with Gasteiger partial charge in [0, 0.05) is 37.6 Å². The molecular formula is C43H63Cl5O4. The van der Waals surface area contributed by atoms with Crippen molar-refractivity contribution in [2.24, 2.45) is 0 Å². The van der Waals surface area contributed by atoms with Crippen LogP contribution in [0.5, 0.6) is 0 Å². The lowest BCUT2D eigenvalue weighted by Gasteiger charge is -2.20. The van der Waals surface area contributed by atoms with E-state index in [9.17, 15) is 9.59 Å². The van der Waals surface area contributed by atoms with Gasteiger partial charge in [-0.05, 0) is 69.0 Å². The Bertz CT molecular complexity index is 1350. The van der Waals surface area contributed by atoms with Crippen LogP contribution in [0.4, 0.5) is 0 Å². The normalized spacial score (nSPS) is 11.3. The summed E-state index contributed by atoms with van der Waals surface area (Å²) in [4.78, 5) is 22.6. The molecule has 0 N–H and O–H groups in total. The Kier molecular flexibility index (Phi) is 48.7. The Morgan fingerprint density at radius 3 is 1.33 bits per heavy atom. The minimum atomic E-state index is -0.523. The van der Waals surface area contributed by atoms with Crippen LogP contribution in [0, 0.1) is 13.8 Å². The number of rotatable bonds is 4. The molecule has 0 bridgehead atoms. The van der Waals surface area contributed by atoms with Gasteiger partial charge in [0.15, 0.2) is 12.1 Å². The molecule has 1 atom stereocenters. The van der Waals surface area contributed by atoms with Crippen molar-refractivity contribution in [3.63, 3.8) is 0 Å². The molecule has 1 heterocycles. The Labute approximate surface area is 342 Å². The van der Waals surface area contributed by atoms with Crippen molar-refractivity contribution in [3.05, 3.63) is 141 Å². The van der Waals surface area contributed by atoms with Crippen LogP contribution in [-0.4, -0.2) is 43.8 Å². The van der Waals surface area contributed by atoms with E-state index in [2.05, 4.69) is 42.3 Å². The molecule has 0 radical (unpaired) electrons. The Hall–Kier alpha value is -2.41. The largest absolute Gasteiger partial charge is 0.356 e. The number of aryl methyl sites for hydroxylation is 2. The van der Waals surface area contributed by atoms with Crippen molar-refractivity contribution < 1.29 is 19.1 Å². The van der Waals surface area contributed by atoms with E-state index in [1.807, 2.05) is 103 Å². The number of hydrogen-bond acceptors (Lipinski definition) is 4. The monoisotopic (exact) mass is 818 g/mol. The summed E-state index contributed by atoms with van der Waals surface area (Å²) in [5, 5.41) is 0.362. The number of ether oxygens (including phenoxy) is 2. The second-order valence-corrected chi connectivity index (χ2v) is 10.3. The zero-order valence-corrected chi connectivity index (χ0v) is 36.0. The number of ketones is 1. The highest BCUT2D eigenvalue weighted by Gasteiger charge is 2.12. The van der Waals surface area contributed by atoms with Crippen LogP contribution in [0.1, 0.15) is 106 Å². The highest BCUT2D eigenvalue weighted by atomic mass is 35.5. The maximum Gasteiger partial charge on any atom is 0.253 e. The van der Waals surface area contributed by atoms with Crippen LogP contribution in [0.15, 0.2) is 103 Å². The minimum absolute atomic E-state index is 0. The molecule has 294 valence electrons. The number of carbonyl (C=O) groups excluding carboxylic acids is 2. The predicted molar refractivity (Wildman–Crippen MR) is 234 cm³/mol. The molecule has 5 rings (SSSR count). The van der Waals surface area contributed by atoms with Gasteiger partial charge in [0.1, 0.15) is 0 Å². The van der Waals surface area contributed by atoms with E-state index in [1.165, 1.54) is 31.2 Å². The molecule has 0 saturated carbocycles. The molecule has 0 amide bonds. The second kappa shape index (κ2) is 43.0. The van der Waals surface area contributed by atoms with Gasteiger partial charge in [-0.2, -0.15) is 0 Å². The smallest absolute Gasteiger partial charge is 0.253 e. The van der Waals surface area contributed by atoms with Crippen molar-refractivity contribution in [1.29, 1.82) is 0 Å². The lowest BCUT2D eigenvalue weighted by atomic mass is 10.0. The lowest BCUT2D eigenvalue weighted by Crippen LogP contribution is -2.20. The minimum Gasteiger partial charge on any atom is -0.356 e. The number of methoxy groups -OCH3 is 1. The molecule has 1 aliphatic heterocycles. The fourth-order valence-corrected chi connectivity index (χ4v) is 4.21. The van der Waals surface area contributed by atoms with E-state index >= 15 is 0 Å². The molecule has 4 aromatic rings. The van der Waals surface area contributed by atoms with Crippen molar-refractivity contribution in [2.45, 2.75) is 88.4 Å². The number of hydrogen-bond donors (Lipinski definition) is 0. The molecule has 9 heteroatoms. The van der Waals surface area contributed by atoms with E-state index in [-0.39, 0.29) is 19.5 Å². The van der Waals surface area contributed by atoms with Gasteiger partial charge in [0.2, 0.25) is 0 Å². The zero-order valence-electron chi connectivity index (χ0n) is 32.2. The van der Waals surface area contributed by atoms with Gasteiger partial charge >= 0.3 is 0 Å². The highest BCUT2D eigenvalue weighted by molar-refractivity contribution is 6.68. The van der Waals surface area contributed by atoms with Crippen LogP contribution in [0.2, 0.25) is 10.0 Å². The van der Waals surface area contributed by atoms with E-state index < -0.39 is 5.24 Å². The molecule has 0 aromatic heterocycles. The van der Waals surface area contributed by atoms with Gasteiger partial charge in [-0.15, -0.1) is 23.2 Å². The van der Waals surface area contributed by atoms with Crippen molar-refractivity contribution in [3.8, 4) is 0 Å². The van der Waals surface area contributed by atoms with E-state index in [4.69, 9.17) is 44.3 Å².